The van der Waals surface area contributed by atoms with Crippen molar-refractivity contribution < 1.29 is 9.84 Å². The lowest BCUT2D eigenvalue weighted by atomic mass is 9.71. The molecule has 1 heterocycles. The van der Waals surface area contributed by atoms with Gasteiger partial charge in [-0.1, -0.05) is 20.8 Å². The summed E-state index contributed by atoms with van der Waals surface area (Å²) < 4.78 is 6.21. The van der Waals surface area contributed by atoms with Gasteiger partial charge in [-0.15, -0.1) is 0 Å². The summed E-state index contributed by atoms with van der Waals surface area (Å²) in [6.07, 6.45) is 4.10. The Labute approximate surface area is 148 Å². The van der Waals surface area contributed by atoms with Crippen LogP contribution in [0.5, 0.6) is 0 Å². The van der Waals surface area contributed by atoms with E-state index in [-0.39, 0.29) is 6.61 Å². The van der Waals surface area contributed by atoms with E-state index in [0.29, 0.717) is 16.8 Å². The van der Waals surface area contributed by atoms with E-state index in [1.807, 2.05) is 0 Å². The van der Waals surface area contributed by atoms with Gasteiger partial charge in [0.15, 0.2) is 0 Å². The van der Waals surface area contributed by atoms with E-state index < -0.39 is 0 Å². The second kappa shape index (κ2) is 9.04. The second-order valence-corrected chi connectivity index (χ2v) is 9.12. The van der Waals surface area contributed by atoms with Crippen LogP contribution in [0.4, 0.5) is 0 Å². The third-order valence-corrected chi connectivity index (χ3v) is 5.53. The Morgan fingerprint density at radius 3 is 2.43 bits per heavy atom. The van der Waals surface area contributed by atoms with Crippen LogP contribution >= 0.6 is 12.6 Å². The third kappa shape index (κ3) is 6.91. The van der Waals surface area contributed by atoms with Crippen LogP contribution in [0, 0.1) is 11.3 Å². The van der Waals surface area contributed by atoms with E-state index >= 15 is 0 Å². The van der Waals surface area contributed by atoms with Crippen molar-refractivity contribution in [1.82, 2.24) is 9.80 Å². The highest BCUT2D eigenvalue weighted by molar-refractivity contribution is 7.81. The topological polar surface area (TPSA) is 35.9 Å². The molecule has 4 nitrogen and oxygen atoms in total. The maximum atomic E-state index is 9.00. The molecule has 1 aliphatic carbocycles. The molecule has 2 fully saturated rings. The van der Waals surface area contributed by atoms with Crippen LogP contribution in [-0.2, 0) is 4.74 Å². The lowest BCUT2D eigenvalue weighted by Crippen LogP contribution is -2.49. The van der Waals surface area contributed by atoms with E-state index in [4.69, 9.17) is 22.5 Å². The summed E-state index contributed by atoms with van der Waals surface area (Å²) in [6, 6.07) is 0. The number of aliphatic hydroxyl groups is 1. The predicted molar refractivity (Wildman–Crippen MR) is 99.3 cm³/mol. The van der Waals surface area contributed by atoms with E-state index in [2.05, 4.69) is 30.6 Å². The average Bonchev–Trinajstić information content (AvgIpc) is 2.45. The molecule has 1 N–H and O–H groups in total. The van der Waals surface area contributed by atoms with Gasteiger partial charge in [-0.2, -0.15) is 12.6 Å². The lowest BCUT2D eigenvalue weighted by molar-refractivity contribution is -0.0244. The minimum absolute atomic E-state index is 0.263. The second-order valence-electron chi connectivity index (χ2n) is 8.39. The number of ether oxygens (including phenoxy) is 1. The summed E-state index contributed by atoms with van der Waals surface area (Å²) in [6.45, 7) is 14.2. The molecule has 1 aliphatic heterocycles. The van der Waals surface area contributed by atoms with Crippen molar-refractivity contribution >= 4 is 12.6 Å². The quantitative estimate of drug-likeness (QED) is 0.694. The van der Waals surface area contributed by atoms with Crippen LogP contribution in [0.3, 0.4) is 0 Å². The van der Waals surface area contributed by atoms with Gasteiger partial charge >= 0.3 is 0 Å². The standard InChI is InChI=1S/C18H36N2O2S/c1-15-10-16(12-18(2,3)11-15)22-14-17(23)13-20-6-4-19(5-7-20)8-9-21/h15-17,21,23H,4-14H2,1-3H3/t15-,16+,17+/m0/s1. The molecule has 2 rings (SSSR count). The summed E-state index contributed by atoms with van der Waals surface area (Å²) >= 11 is 4.75. The number of nitrogens with zero attached hydrogens (tertiary/aromatic N) is 2. The molecule has 1 saturated carbocycles. The highest BCUT2D eigenvalue weighted by Gasteiger charge is 2.32. The molecule has 0 radical (unpaired) electrons. The average molecular weight is 345 g/mol. The Morgan fingerprint density at radius 2 is 1.83 bits per heavy atom. The maximum absolute atomic E-state index is 9.00. The molecule has 5 heteroatoms. The Balaban J connectivity index is 1.64. The number of β-amino-alcohol motifs (C(OH)–C–C–N with tert-alkyl or cyclic N) is 1. The third-order valence-electron chi connectivity index (χ3n) is 5.22. The van der Waals surface area contributed by atoms with Crippen LogP contribution in [0.2, 0.25) is 0 Å². The van der Waals surface area contributed by atoms with Gasteiger partial charge in [-0.3, -0.25) is 9.80 Å². The van der Waals surface area contributed by atoms with Crippen molar-refractivity contribution in [2.45, 2.75) is 51.4 Å². The molecule has 0 aromatic heterocycles. The van der Waals surface area contributed by atoms with Crippen LogP contribution in [0.25, 0.3) is 0 Å². The fraction of sp³-hybridized carbons (Fsp3) is 1.00. The van der Waals surface area contributed by atoms with Crippen LogP contribution in [0.1, 0.15) is 40.0 Å². The van der Waals surface area contributed by atoms with Crippen LogP contribution in [-0.4, -0.2) is 78.7 Å². The van der Waals surface area contributed by atoms with E-state index in [0.717, 1.165) is 51.8 Å². The molecule has 2 aliphatic rings. The molecule has 0 spiro atoms. The fourth-order valence-corrected chi connectivity index (χ4v) is 4.64. The monoisotopic (exact) mass is 344 g/mol. The number of hydrogen-bond donors (Lipinski definition) is 2. The number of piperazine rings is 1. The highest BCUT2D eigenvalue weighted by Crippen LogP contribution is 2.39. The summed E-state index contributed by atoms with van der Waals surface area (Å²) in [7, 11) is 0. The van der Waals surface area contributed by atoms with Gasteiger partial charge in [0.25, 0.3) is 0 Å². The van der Waals surface area contributed by atoms with E-state index in [1.165, 1.54) is 19.3 Å². The first-order valence-electron chi connectivity index (χ1n) is 9.23. The SMILES string of the molecule is C[C@H]1C[C@@H](OC[C@H](S)CN2CCN(CCO)CC2)CC(C)(C)C1. The van der Waals surface area contributed by atoms with Crippen LogP contribution in [0.15, 0.2) is 0 Å². The fourth-order valence-electron chi connectivity index (χ4n) is 4.32. The highest BCUT2D eigenvalue weighted by atomic mass is 32.1. The van der Waals surface area contributed by atoms with Crippen molar-refractivity contribution in [2.24, 2.45) is 11.3 Å². The van der Waals surface area contributed by atoms with Gasteiger partial charge in [0.05, 0.1) is 19.3 Å². The van der Waals surface area contributed by atoms with Gasteiger partial charge < -0.3 is 9.84 Å². The Morgan fingerprint density at radius 1 is 1.17 bits per heavy atom. The van der Waals surface area contributed by atoms with Gasteiger partial charge in [0.2, 0.25) is 0 Å². The Kier molecular flexibility index (Phi) is 7.67. The summed E-state index contributed by atoms with van der Waals surface area (Å²) in [4.78, 5) is 4.80. The molecule has 1 saturated heterocycles. The predicted octanol–water partition coefficient (Wildman–Crippen LogP) is 2.13. The number of hydrogen-bond acceptors (Lipinski definition) is 5. The van der Waals surface area contributed by atoms with Gasteiger partial charge in [0, 0.05) is 44.5 Å². The van der Waals surface area contributed by atoms with Crippen molar-refractivity contribution in [3.63, 3.8) is 0 Å². The summed E-state index contributed by atoms with van der Waals surface area (Å²) in [5.74, 6) is 0.765. The Bertz CT molecular complexity index is 346. The molecule has 0 bridgehead atoms. The first kappa shape index (κ1) is 19.5. The van der Waals surface area contributed by atoms with Gasteiger partial charge in [-0.05, 0) is 30.6 Å². The zero-order chi connectivity index (χ0) is 16.9. The minimum Gasteiger partial charge on any atom is -0.395 e. The minimum atomic E-state index is 0.263. The first-order chi connectivity index (χ1) is 10.9. The number of rotatable bonds is 7. The van der Waals surface area contributed by atoms with Gasteiger partial charge in [-0.25, -0.2) is 0 Å². The maximum Gasteiger partial charge on any atom is 0.0598 e. The first-order valence-corrected chi connectivity index (χ1v) is 9.75. The van der Waals surface area contributed by atoms with E-state index in [9.17, 15) is 0 Å². The smallest absolute Gasteiger partial charge is 0.0598 e. The zero-order valence-corrected chi connectivity index (χ0v) is 16.1. The largest absolute Gasteiger partial charge is 0.395 e. The van der Waals surface area contributed by atoms with Crippen molar-refractivity contribution in [1.29, 1.82) is 0 Å². The molecular weight excluding hydrogens is 308 g/mol. The molecular formula is C18H36N2O2S. The number of thiol groups is 1. The molecule has 23 heavy (non-hydrogen) atoms. The van der Waals surface area contributed by atoms with Gasteiger partial charge in [0.1, 0.15) is 0 Å². The lowest BCUT2D eigenvalue weighted by Gasteiger charge is -2.39. The normalized spacial score (nSPS) is 31.2. The molecule has 0 aromatic carbocycles. The van der Waals surface area contributed by atoms with Crippen molar-refractivity contribution in [2.75, 3.05) is 52.5 Å². The van der Waals surface area contributed by atoms with E-state index in [1.54, 1.807) is 0 Å². The molecule has 3 atom stereocenters. The molecule has 0 aromatic rings. The summed E-state index contributed by atoms with van der Waals surface area (Å²) in [5, 5.41) is 9.29. The summed E-state index contributed by atoms with van der Waals surface area (Å²) in [5.41, 5.74) is 0.414. The van der Waals surface area contributed by atoms with Crippen molar-refractivity contribution in [3.8, 4) is 0 Å². The molecule has 0 unspecified atom stereocenters. The van der Waals surface area contributed by atoms with Crippen LogP contribution < -0.4 is 0 Å². The Hall–Kier alpha value is 0.190. The van der Waals surface area contributed by atoms with Crippen molar-refractivity contribution in [3.05, 3.63) is 0 Å². The molecule has 136 valence electrons. The molecule has 0 amide bonds. The zero-order valence-electron chi connectivity index (χ0n) is 15.2. The number of aliphatic hydroxyl groups excluding tert-OH is 1.